The van der Waals surface area contributed by atoms with Crippen molar-refractivity contribution in [2.45, 2.75) is 6.54 Å². The van der Waals surface area contributed by atoms with Gasteiger partial charge in [-0.05, 0) is 23.8 Å². The molecular weight excluding hydrogens is 202 g/mol. The van der Waals surface area contributed by atoms with Gasteiger partial charge in [0.2, 0.25) is 0 Å². The molecule has 0 saturated carbocycles. The fraction of sp³-hybridized carbons (Fsp3) is 0.0833. The van der Waals surface area contributed by atoms with E-state index in [1.807, 2.05) is 6.07 Å². The van der Waals surface area contributed by atoms with Crippen LogP contribution in [-0.4, -0.2) is 10.1 Å². The fourth-order valence-electron chi connectivity index (χ4n) is 1.54. The first kappa shape index (κ1) is 10.4. The Hall–Kier alpha value is -2.07. The first-order chi connectivity index (χ1) is 7.72. The fourth-order valence-corrected chi connectivity index (χ4v) is 1.54. The highest BCUT2D eigenvalue weighted by atomic mass is 16.3. The topological polar surface area (TPSA) is 85.2 Å². The van der Waals surface area contributed by atoms with E-state index in [-0.39, 0.29) is 5.75 Å². The number of rotatable bonds is 2. The van der Waals surface area contributed by atoms with Crippen molar-refractivity contribution in [1.82, 2.24) is 4.98 Å². The molecule has 16 heavy (non-hydrogen) atoms. The smallest absolute Gasteiger partial charge is 0.125 e. The summed E-state index contributed by atoms with van der Waals surface area (Å²) in [6.45, 7) is 0.401. The van der Waals surface area contributed by atoms with Gasteiger partial charge in [0.05, 0.1) is 11.4 Å². The lowest BCUT2D eigenvalue weighted by Gasteiger charge is -2.07. The van der Waals surface area contributed by atoms with Crippen LogP contribution in [0.1, 0.15) is 5.56 Å². The summed E-state index contributed by atoms with van der Waals surface area (Å²) in [5, 5.41) is 9.69. The van der Waals surface area contributed by atoms with Crippen LogP contribution in [-0.2, 0) is 6.54 Å². The highest BCUT2D eigenvalue weighted by Crippen LogP contribution is 2.31. The molecule has 4 heteroatoms. The van der Waals surface area contributed by atoms with Crippen LogP contribution in [0.2, 0.25) is 0 Å². The molecule has 0 bridgehead atoms. The van der Waals surface area contributed by atoms with Gasteiger partial charge in [0, 0.05) is 18.3 Å². The standard InChI is InChI=1S/C12H13N3O/c13-6-8-5-10(14)12(15-7-8)9-3-1-2-4-11(9)16/h1-5,7,16H,6,13-14H2. The molecule has 0 aliphatic rings. The van der Waals surface area contributed by atoms with E-state index in [2.05, 4.69) is 4.98 Å². The van der Waals surface area contributed by atoms with Crippen LogP contribution in [0.4, 0.5) is 5.69 Å². The largest absolute Gasteiger partial charge is 0.507 e. The highest BCUT2D eigenvalue weighted by molar-refractivity contribution is 5.76. The van der Waals surface area contributed by atoms with Crippen LogP contribution >= 0.6 is 0 Å². The highest BCUT2D eigenvalue weighted by Gasteiger charge is 2.08. The third-order valence-electron chi connectivity index (χ3n) is 2.37. The first-order valence-electron chi connectivity index (χ1n) is 4.95. The summed E-state index contributed by atoms with van der Waals surface area (Å²) in [4.78, 5) is 4.22. The SMILES string of the molecule is NCc1cnc(-c2ccccc2O)c(N)c1. The maximum atomic E-state index is 9.69. The van der Waals surface area contributed by atoms with Gasteiger partial charge in [0.1, 0.15) is 5.75 Å². The van der Waals surface area contributed by atoms with Crippen molar-refractivity contribution >= 4 is 5.69 Å². The van der Waals surface area contributed by atoms with Crippen molar-refractivity contribution in [3.8, 4) is 17.0 Å². The van der Waals surface area contributed by atoms with E-state index in [1.54, 1.807) is 30.5 Å². The van der Waals surface area contributed by atoms with Crippen molar-refractivity contribution in [3.63, 3.8) is 0 Å². The van der Waals surface area contributed by atoms with E-state index < -0.39 is 0 Å². The molecule has 5 N–H and O–H groups in total. The normalized spacial score (nSPS) is 10.3. The van der Waals surface area contributed by atoms with Gasteiger partial charge in [-0.15, -0.1) is 0 Å². The number of aromatic hydroxyl groups is 1. The van der Waals surface area contributed by atoms with Crippen molar-refractivity contribution in [2.75, 3.05) is 5.73 Å². The second-order valence-electron chi connectivity index (χ2n) is 3.50. The van der Waals surface area contributed by atoms with E-state index >= 15 is 0 Å². The summed E-state index contributed by atoms with van der Waals surface area (Å²) in [6.07, 6.45) is 1.66. The van der Waals surface area contributed by atoms with Crippen molar-refractivity contribution < 1.29 is 5.11 Å². The molecule has 1 aromatic carbocycles. The summed E-state index contributed by atoms with van der Waals surface area (Å²) >= 11 is 0. The number of benzene rings is 1. The average Bonchev–Trinajstić information content (AvgIpc) is 2.30. The summed E-state index contributed by atoms with van der Waals surface area (Å²) in [5.74, 6) is 0.169. The predicted octanol–water partition coefficient (Wildman–Crippen LogP) is 1.50. The lowest BCUT2D eigenvalue weighted by Crippen LogP contribution is -2.01. The summed E-state index contributed by atoms with van der Waals surface area (Å²) < 4.78 is 0. The van der Waals surface area contributed by atoms with Gasteiger partial charge < -0.3 is 16.6 Å². The molecule has 0 radical (unpaired) electrons. The number of anilines is 1. The molecule has 0 atom stereocenters. The van der Waals surface area contributed by atoms with Crippen LogP contribution in [0.3, 0.4) is 0 Å². The Morgan fingerprint density at radius 2 is 2.00 bits per heavy atom. The van der Waals surface area contributed by atoms with Crippen LogP contribution in [0.15, 0.2) is 36.5 Å². The molecule has 0 aliphatic carbocycles. The van der Waals surface area contributed by atoms with Crippen LogP contribution < -0.4 is 11.5 Å². The van der Waals surface area contributed by atoms with E-state index in [4.69, 9.17) is 11.5 Å². The van der Waals surface area contributed by atoms with Gasteiger partial charge in [0.25, 0.3) is 0 Å². The second kappa shape index (κ2) is 4.20. The zero-order chi connectivity index (χ0) is 11.5. The maximum Gasteiger partial charge on any atom is 0.125 e. The minimum Gasteiger partial charge on any atom is -0.507 e. The Labute approximate surface area is 93.5 Å². The number of phenolic OH excluding ortho intramolecular Hbond substituents is 1. The number of hydrogen-bond donors (Lipinski definition) is 3. The van der Waals surface area contributed by atoms with Crippen LogP contribution in [0, 0.1) is 0 Å². The number of nitrogens with zero attached hydrogens (tertiary/aromatic N) is 1. The van der Waals surface area contributed by atoms with E-state index in [1.165, 1.54) is 0 Å². The lowest BCUT2D eigenvalue weighted by molar-refractivity contribution is 0.477. The van der Waals surface area contributed by atoms with Crippen LogP contribution in [0.5, 0.6) is 5.75 Å². The van der Waals surface area contributed by atoms with Crippen molar-refractivity contribution in [1.29, 1.82) is 0 Å². The van der Waals surface area contributed by atoms with Gasteiger partial charge >= 0.3 is 0 Å². The summed E-state index contributed by atoms with van der Waals surface area (Å²) in [6, 6.07) is 8.73. The molecule has 0 aliphatic heterocycles. The first-order valence-corrected chi connectivity index (χ1v) is 4.95. The molecule has 2 rings (SSSR count). The van der Waals surface area contributed by atoms with Crippen LogP contribution in [0.25, 0.3) is 11.3 Å². The molecule has 0 unspecified atom stereocenters. The summed E-state index contributed by atoms with van der Waals surface area (Å²) in [5.41, 5.74) is 14.0. The van der Waals surface area contributed by atoms with Gasteiger partial charge in [-0.3, -0.25) is 4.98 Å². The number of aromatic nitrogens is 1. The Bertz CT molecular complexity index is 511. The van der Waals surface area contributed by atoms with E-state index in [0.29, 0.717) is 23.5 Å². The van der Waals surface area contributed by atoms with E-state index in [9.17, 15) is 5.11 Å². The monoisotopic (exact) mass is 215 g/mol. The molecular formula is C12H13N3O. The second-order valence-corrected chi connectivity index (χ2v) is 3.50. The third kappa shape index (κ3) is 1.83. The number of pyridine rings is 1. The summed E-state index contributed by atoms with van der Waals surface area (Å²) in [7, 11) is 0. The Morgan fingerprint density at radius 3 is 2.62 bits per heavy atom. The molecule has 0 saturated heterocycles. The molecule has 0 fully saturated rings. The molecule has 4 nitrogen and oxygen atoms in total. The number of phenols is 1. The Kier molecular flexibility index (Phi) is 2.74. The molecule has 2 aromatic rings. The number of nitrogens with two attached hydrogens (primary N) is 2. The van der Waals surface area contributed by atoms with Crippen molar-refractivity contribution in [2.24, 2.45) is 5.73 Å². The lowest BCUT2D eigenvalue weighted by atomic mass is 10.1. The zero-order valence-electron chi connectivity index (χ0n) is 8.72. The van der Waals surface area contributed by atoms with Gasteiger partial charge in [0.15, 0.2) is 0 Å². The van der Waals surface area contributed by atoms with E-state index in [0.717, 1.165) is 5.56 Å². The molecule has 1 heterocycles. The van der Waals surface area contributed by atoms with Gasteiger partial charge in [-0.1, -0.05) is 12.1 Å². The minimum atomic E-state index is 0.169. The minimum absolute atomic E-state index is 0.169. The zero-order valence-corrected chi connectivity index (χ0v) is 8.72. The average molecular weight is 215 g/mol. The van der Waals surface area contributed by atoms with Crippen molar-refractivity contribution in [3.05, 3.63) is 42.1 Å². The van der Waals surface area contributed by atoms with Gasteiger partial charge in [-0.25, -0.2) is 0 Å². The Morgan fingerprint density at radius 1 is 1.25 bits per heavy atom. The number of hydrogen-bond acceptors (Lipinski definition) is 4. The molecule has 0 amide bonds. The van der Waals surface area contributed by atoms with Gasteiger partial charge in [-0.2, -0.15) is 0 Å². The number of para-hydroxylation sites is 1. The Balaban J connectivity index is 2.53. The molecule has 82 valence electrons. The molecule has 0 spiro atoms. The number of nitrogen functional groups attached to an aromatic ring is 1. The quantitative estimate of drug-likeness (QED) is 0.708. The third-order valence-corrected chi connectivity index (χ3v) is 2.37. The maximum absolute atomic E-state index is 9.69. The predicted molar refractivity (Wildman–Crippen MR) is 63.6 cm³/mol. The molecule has 1 aromatic heterocycles.